The highest BCUT2D eigenvalue weighted by molar-refractivity contribution is 5.97. The molecule has 4 rings (SSSR count). The maximum atomic E-state index is 13.4. The number of carbonyl (C=O) groups excluding carboxylic acids is 2. The standard InChI is InChI=1S/C31H35N5O2/c1-22(2)20-35(31(38)32-19-25-11-7-5-8-12-25)21-28(37)33-30-29(26-13-9-6-10-14-26)24(4)34-36(30)27-17-15-23(3)16-18-27/h5-18,22H,19-21H2,1-4H3,(H,32,38)(H,33,37). The molecule has 38 heavy (non-hydrogen) atoms. The van der Waals surface area contributed by atoms with E-state index in [2.05, 4.69) is 10.6 Å². The van der Waals surface area contributed by atoms with Gasteiger partial charge < -0.3 is 15.5 Å². The Balaban J connectivity index is 1.59. The Hall–Kier alpha value is -4.39. The van der Waals surface area contributed by atoms with Gasteiger partial charge in [0.05, 0.1) is 11.4 Å². The molecule has 0 aliphatic rings. The summed E-state index contributed by atoms with van der Waals surface area (Å²) in [7, 11) is 0. The van der Waals surface area contributed by atoms with Gasteiger partial charge in [-0.2, -0.15) is 5.10 Å². The molecule has 0 saturated heterocycles. The number of nitrogens with one attached hydrogen (secondary N) is 2. The van der Waals surface area contributed by atoms with E-state index < -0.39 is 0 Å². The van der Waals surface area contributed by atoms with Crippen LogP contribution in [0.25, 0.3) is 16.8 Å². The van der Waals surface area contributed by atoms with Crippen LogP contribution in [0.3, 0.4) is 0 Å². The van der Waals surface area contributed by atoms with Gasteiger partial charge in [0.25, 0.3) is 0 Å². The Morgan fingerprint density at radius 3 is 2.16 bits per heavy atom. The van der Waals surface area contributed by atoms with Gasteiger partial charge in [-0.3, -0.25) is 4.79 Å². The third-order valence-electron chi connectivity index (χ3n) is 6.15. The van der Waals surface area contributed by atoms with Crippen molar-refractivity contribution in [3.05, 3.63) is 102 Å². The van der Waals surface area contributed by atoms with Gasteiger partial charge in [-0.15, -0.1) is 0 Å². The molecular weight excluding hydrogens is 474 g/mol. The Kier molecular flexibility index (Phi) is 8.58. The highest BCUT2D eigenvalue weighted by atomic mass is 16.2. The molecular formula is C31H35N5O2. The summed E-state index contributed by atoms with van der Waals surface area (Å²) >= 11 is 0. The first kappa shape index (κ1) is 26.7. The van der Waals surface area contributed by atoms with Crippen molar-refractivity contribution in [2.45, 2.75) is 34.2 Å². The lowest BCUT2D eigenvalue weighted by Gasteiger charge is -2.24. The Labute approximate surface area is 224 Å². The minimum absolute atomic E-state index is 0.0782. The number of rotatable bonds is 9. The number of nitrogens with zero attached hydrogens (tertiary/aromatic N) is 3. The number of anilines is 1. The van der Waals surface area contributed by atoms with Crippen LogP contribution < -0.4 is 10.6 Å². The lowest BCUT2D eigenvalue weighted by atomic mass is 10.1. The van der Waals surface area contributed by atoms with Crippen LogP contribution in [0.4, 0.5) is 10.6 Å². The number of carbonyl (C=O) groups is 2. The Bertz CT molecular complexity index is 1360. The zero-order chi connectivity index (χ0) is 27.1. The molecule has 0 radical (unpaired) electrons. The van der Waals surface area contributed by atoms with E-state index in [-0.39, 0.29) is 24.4 Å². The molecule has 3 aromatic carbocycles. The quantitative estimate of drug-likeness (QED) is 0.292. The van der Waals surface area contributed by atoms with Crippen LogP contribution in [0, 0.1) is 19.8 Å². The lowest BCUT2D eigenvalue weighted by Crippen LogP contribution is -2.45. The van der Waals surface area contributed by atoms with Gasteiger partial charge >= 0.3 is 6.03 Å². The van der Waals surface area contributed by atoms with Crippen molar-refractivity contribution in [2.24, 2.45) is 5.92 Å². The van der Waals surface area contributed by atoms with E-state index in [4.69, 9.17) is 5.10 Å². The van der Waals surface area contributed by atoms with Crippen molar-refractivity contribution in [3.8, 4) is 16.8 Å². The molecule has 196 valence electrons. The van der Waals surface area contributed by atoms with Crippen LogP contribution in [0.5, 0.6) is 0 Å². The van der Waals surface area contributed by atoms with Gasteiger partial charge in [-0.25, -0.2) is 9.48 Å². The molecule has 1 aromatic heterocycles. The zero-order valence-electron chi connectivity index (χ0n) is 22.4. The number of amides is 3. The smallest absolute Gasteiger partial charge is 0.318 e. The number of urea groups is 1. The van der Waals surface area contributed by atoms with Crippen LogP contribution >= 0.6 is 0 Å². The second-order valence-corrected chi connectivity index (χ2v) is 9.89. The van der Waals surface area contributed by atoms with Crippen molar-refractivity contribution in [1.29, 1.82) is 0 Å². The Morgan fingerprint density at radius 2 is 1.53 bits per heavy atom. The van der Waals surface area contributed by atoms with Crippen molar-refractivity contribution >= 4 is 17.8 Å². The fourth-order valence-corrected chi connectivity index (χ4v) is 4.36. The summed E-state index contributed by atoms with van der Waals surface area (Å²) in [6.45, 7) is 8.79. The molecule has 7 heteroatoms. The van der Waals surface area contributed by atoms with Crippen molar-refractivity contribution in [1.82, 2.24) is 20.0 Å². The molecule has 0 unspecified atom stereocenters. The minimum atomic E-state index is -0.286. The second kappa shape index (κ2) is 12.2. The predicted molar refractivity (Wildman–Crippen MR) is 152 cm³/mol. The fraction of sp³-hybridized carbons (Fsp3) is 0.258. The number of aryl methyl sites for hydroxylation is 2. The second-order valence-electron chi connectivity index (χ2n) is 9.89. The maximum absolute atomic E-state index is 13.4. The molecule has 7 nitrogen and oxygen atoms in total. The van der Waals surface area contributed by atoms with Crippen LogP contribution in [-0.4, -0.2) is 39.7 Å². The molecule has 3 amide bonds. The normalized spacial score (nSPS) is 10.9. The third-order valence-corrected chi connectivity index (χ3v) is 6.15. The number of hydrogen-bond donors (Lipinski definition) is 2. The van der Waals surface area contributed by atoms with E-state index >= 15 is 0 Å². The van der Waals surface area contributed by atoms with Crippen LogP contribution in [0.2, 0.25) is 0 Å². The summed E-state index contributed by atoms with van der Waals surface area (Å²) in [4.78, 5) is 28.1. The van der Waals surface area contributed by atoms with Crippen molar-refractivity contribution < 1.29 is 9.59 Å². The lowest BCUT2D eigenvalue weighted by molar-refractivity contribution is -0.116. The van der Waals surface area contributed by atoms with E-state index in [0.717, 1.165) is 33.6 Å². The first-order valence-electron chi connectivity index (χ1n) is 12.9. The van der Waals surface area contributed by atoms with Gasteiger partial charge in [0.1, 0.15) is 12.4 Å². The average Bonchev–Trinajstić information content (AvgIpc) is 3.23. The van der Waals surface area contributed by atoms with E-state index in [1.54, 1.807) is 9.58 Å². The summed E-state index contributed by atoms with van der Waals surface area (Å²) in [5.74, 6) is 0.494. The van der Waals surface area contributed by atoms with Crippen molar-refractivity contribution in [3.63, 3.8) is 0 Å². The van der Waals surface area contributed by atoms with Gasteiger partial charge in [-0.05, 0) is 43.0 Å². The molecule has 0 spiro atoms. The van der Waals surface area contributed by atoms with E-state index in [1.165, 1.54) is 0 Å². The zero-order valence-corrected chi connectivity index (χ0v) is 22.4. The summed E-state index contributed by atoms with van der Waals surface area (Å²) in [5.41, 5.74) is 5.58. The van der Waals surface area contributed by atoms with Gasteiger partial charge in [0.2, 0.25) is 5.91 Å². The molecule has 0 bridgehead atoms. The molecule has 0 fully saturated rings. The summed E-state index contributed by atoms with van der Waals surface area (Å²) in [6, 6.07) is 27.3. The monoisotopic (exact) mass is 509 g/mol. The molecule has 2 N–H and O–H groups in total. The van der Waals surface area contributed by atoms with Crippen LogP contribution in [0.15, 0.2) is 84.9 Å². The fourth-order valence-electron chi connectivity index (χ4n) is 4.36. The third kappa shape index (κ3) is 6.68. The minimum Gasteiger partial charge on any atom is -0.334 e. The summed E-state index contributed by atoms with van der Waals surface area (Å²) in [6.07, 6.45) is 0. The summed E-state index contributed by atoms with van der Waals surface area (Å²) < 4.78 is 1.76. The van der Waals surface area contributed by atoms with E-state index in [9.17, 15) is 9.59 Å². The van der Waals surface area contributed by atoms with Crippen molar-refractivity contribution in [2.75, 3.05) is 18.4 Å². The SMILES string of the molecule is Cc1ccc(-n2nc(C)c(-c3ccccc3)c2NC(=O)CN(CC(C)C)C(=O)NCc2ccccc2)cc1. The molecule has 1 heterocycles. The molecule has 4 aromatic rings. The largest absolute Gasteiger partial charge is 0.334 e. The highest BCUT2D eigenvalue weighted by Gasteiger charge is 2.23. The first-order chi connectivity index (χ1) is 18.3. The van der Waals surface area contributed by atoms with E-state index in [1.807, 2.05) is 113 Å². The topological polar surface area (TPSA) is 79.3 Å². The summed E-state index contributed by atoms with van der Waals surface area (Å²) in [5, 5.41) is 10.8. The van der Waals surface area contributed by atoms with Gasteiger partial charge in [-0.1, -0.05) is 92.2 Å². The molecule has 0 aliphatic carbocycles. The van der Waals surface area contributed by atoms with Crippen LogP contribution in [-0.2, 0) is 11.3 Å². The van der Waals surface area contributed by atoms with Gasteiger partial charge in [0, 0.05) is 18.7 Å². The highest BCUT2D eigenvalue weighted by Crippen LogP contribution is 2.33. The van der Waals surface area contributed by atoms with Gasteiger partial charge in [0.15, 0.2) is 0 Å². The molecule has 0 atom stereocenters. The number of aromatic nitrogens is 2. The molecule has 0 aliphatic heterocycles. The molecule has 0 saturated carbocycles. The first-order valence-corrected chi connectivity index (χ1v) is 12.9. The number of benzene rings is 3. The van der Waals surface area contributed by atoms with E-state index in [0.29, 0.717) is 18.9 Å². The predicted octanol–water partition coefficient (Wildman–Crippen LogP) is 5.96. The number of hydrogen-bond acceptors (Lipinski definition) is 3. The van der Waals surface area contributed by atoms with Crippen LogP contribution in [0.1, 0.15) is 30.7 Å². The Morgan fingerprint density at radius 1 is 0.895 bits per heavy atom. The average molecular weight is 510 g/mol. The maximum Gasteiger partial charge on any atom is 0.318 e.